The second-order valence-electron chi connectivity index (χ2n) is 3.60. The highest BCUT2D eigenvalue weighted by Gasteiger charge is 2.02. The molecule has 0 saturated heterocycles. The molecule has 2 rings (SSSR count). The summed E-state index contributed by atoms with van der Waals surface area (Å²) < 4.78 is 0. The van der Waals surface area contributed by atoms with Gasteiger partial charge in [0, 0.05) is 37.6 Å². The lowest BCUT2D eigenvalue weighted by molar-refractivity contribution is 1.10. The Balaban J connectivity index is 1.95. The van der Waals surface area contributed by atoms with Crippen LogP contribution in [0.25, 0.3) is 0 Å². The minimum atomic E-state index is 0.789. The zero-order valence-electron chi connectivity index (χ0n) is 9.34. The van der Waals surface area contributed by atoms with E-state index in [1.54, 1.807) is 17.5 Å². The van der Waals surface area contributed by atoms with Crippen molar-refractivity contribution in [1.29, 1.82) is 0 Å². The molecule has 0 atom stereocenters. The Morgan fingerprint density at radius 1 is 1.38 bits per heavy atom. The molecule has 0 radical (unpaired) electrons. The normalized spacial score (nSPS) is 10.1. The van der Waals surface area contributed by atoms with Gasteiger partial charge < -0.3 is 10.2 Å². The molecular weight excluding hydrogens is 220 g/mol. The number of nitrogens with zero attached hydrogens (tertiary/aromatic N) is 3. The maximum absolute atomic E-state index is 4.32. The minimum absolute atomic E-state index is 0.789. The van der Waals surface area contributed by atoms with E-state index < -0.39 is 0 Å². The number of hydrogen-bond acceptors (Lipinski definition) is 5. The molecule has 0 aliphatic heterocycles. The molecule has 0 fully saturated rings. The predicted molar refractivity (Wildman–Crippen MR) is 68.0 cm³/mol. The van der Waals surface area contributed by atoms with Crippen LogP contribution in [-0.4, -0.2) is 24.1 Å². The van der Waals surface area contributed by atoms with Gasteiger partial charge in [-0.25, -0.2) is 4.98 Å². The van der Waals surface area contributed by atoms with Crippen molar-refractivity contribution in [3.05, 3.63) is 35.6 Å². The van der Waals surface area contributed by atoms with Crippen LogP contribution >= 0.6 is 11.3 Å². The Hall–Kier alpha value is -1.62. The molecular formula is C11H14N4S. The lowest BCUT2D eigenvalue weighted by Crippen LogP contribution is -2.07. The molecule has 0 aromatic carbocycles. The molecule has 0 saturated carbocycles. The molecule has 5 heteroatoms. The maximum Gasteiger partial charge on any atom is 0.185 e. The first kappa shape index (κ1) is 10.9. The molecule has 2 heterocycles. The second-order valence-corrected chi connectivity index (χ2v) is 4.69. The van der Waals surface area contributed by atoms with Crippen molar-refractivity contribution in [2.45, 2.75) is 6.54 Å². The van der Waals surface area contributed by atoms with E-state index in [2.05, 4.69) is 15.3 Å². The number of hydrogen-bond donors (Lipinski definition) is 1. The van der Waals surface area contributed by atoms with Crippen LogP contribution in [0.2, 0.25) is 0 Å². The summed E-state index contributed by atoms with van der Waals surface area (Å²) in [5.74, 6) is 0. The molecule has 0 aliphatic rings. The van der Waals surface area contributed by atoms with Crippen molar-refractivity contribution >= 4 is 22.2 Å². The molecule has 2 aromatic heterocycles. The van der Waals surface area contributed by atoms with Crippen molar-refractivity contribution in [3.8, 4) is 0 Å². The molecule has 0 spiro atoms. The van der Waals surface area contributed by atoms with Gasteiger partial charge in [0.15, 0.2) is 5.13 Å². The first-order valence-electron chi connectivity index (χ1n) is 5.01. The summed E-state index contributed by atoms with van der Waals surface area (Å²) in [6, 6.07) is 3.92. The van der Waals surface area contributed by atoms with Gasteiger partial charge in [0.05, 0.1) is 12.2 Å². The highest BCUT2D eigenvalue weighted by Crippen LogP contribution is 2.21. The van der Waals surface area contributed by atoms with E-state index in [0.29, 0.717) is 0 Å². The first-order valence-corrected chi connectivity index (χ1v) is 5.83. The first-order chi connectivity index (χ1) is 7.75. The third kappa shape index (κ3) is 2.70. The molecule has 0 amide bonds. The summed E-state index contributed by atoms with van der Waals surface area (Å²) in [6.45, 7) is 0.789. The van der Waals surface area contributed by atoms with Crippen LogP contribution in [0.3, 0.4) is 0 Å². The Morgan fingerprint density at radius 2 is 2.25 bits per heavy atom. The van der Waals surface area contributed by atoms with E-state index in [0.717, 1.165) is 17.4 Å². The molecule has 0 bridgehead atoms. The molecule has 1 N–H and O–H groups in total. The van der Waals surface area contributed by atoms with Gasteiger partial charge in [0.1, 0.15) is 0 Å². The molecule has 2 aromatic rings. The van der Waals surface area contributed by atoms with E-state index >= 15 is 0 Å². The average molecular weight is 234 g/mol. The van der Waals surface area contributed by atoms with Crippen molar-refractivity contribution in [3.63, 3.8) is 0 Å². The number of rotatable bonds is 4. The zero-order chi connectivity index (χ0) is 11.4. The molecule has 4 nitrogen and oxygen atoms in total. The highest BCUT2D eigenvalue weighted by atomic mass is 32.1. The van der Waals surface area contributed by atoms with Gasteiger partial charge in [-0.1, -0.05) is 0 Å². The molecule has 0 aliphatic carbocycles. The fraction of sp³-hybridized carbons (Fsp3) is 0.273. The Bertz CT molecular complexity index is 438. The lowest BCUT2D eigenvalue weighted by atomic mass is 10.4. The van der Waals surface area contributed by atoms with Gasteiger partial charge in [-0.2, -0.15) is 0 Å². The van der Waals surface area contributed by atoms with Gasteiger partial charge in [-0.05, 0) is 12.1 Å². The minimum Gasteiger partial charge on any atom is -0.379 e. The Morgan fingerprint density at radius 3 is 2.88 bits per heavy atom. The number of aromatic nitrogens is 2. The van der Waals surface area contributed by atoms with Crippen molar-refractivity contribution < 1.29 is 0 Å². The number of nitrogens with one attached hydrogen (secondary N) is 1. The van der Waals surface area contributed by atoms with Crippen LogP contribution in [0.4, 0.5) is 10.8 Å². The third-order valence-corrected chi connectivity index (χ3v) is 3.22. The van der Waals surface area contributed by atoms with Crippen LogP contribution in [0, 0.1) is 0 Å². The monoisotopic (exact) mass is 234 g/mol. The lowest BCUT2D eigenvalue weighted by Gasteiger charge is -2.05. The van der Waals surface area contributed by atoms with Crippen molar-refractivity contribution in [1.82, 2.24) is 9.97 Å². The van der Waals surface area contributed by atoms with Crippen molar-refractivity contribution in [2.75, 3.05) is 24.3 Å². The summed E-state index contributed by atoms with van der Waals surface area (Å²) >= 11 is 1.69. The summed E-state index contributed by atoms with van der Waals surface area (Å²) in [5.41, 5.74) is 1.03. The third-order valence-electron chi connectivity index (χ3n) is 2.05. The Labute approximate surface area is 99.0 Å². The fourth-order valence-electron chi connectivity index (χ4n) is 1.24. The molecule has 84 valence electrons. The summed E-state index contributed by atoms with van der Waals surface area (Å²) in [4.78, 5) is 11.6. The molecule has 16 heavy (non-hydrogen) atoms. The van der Waals surface area contributed by atoms with Crippen LogP contribution in [0.1, 0.15) is 4.88 Å². The number of thiazole rings is 1. The van der Waals surface area contributed by atoms with E-state index in [4.69, 9.17) is 0 Å². The van der Waals surface area contributed by atoms with E-state index in [1.807, 2.05) is 43.5 Å². The van der Waals surface area contributed by atoms with E-state index in [-0.39, 0.29) is 0 Å². The zero-order valence-corrected chi connectivity index (χ0v) is 10.2. The number of anilines is 2. The van der Waals surface area contributed by atoms with Gasteiger partial charge in [0.25, 0.3) is 0 Å². The highest BCUT2D eigenvalue weighted by molar-refractivity contribution is 7.15. The van der Waals surface area contributed by atoms with Crippen LogP contribution in [0.5, 0.6) is 0 Å². The van der Waals surface area contributed by atoms with Gasteiger partial charge >= 0.3 is 0 Å². The second kappa shape index (κ2) is 4.94. The van der Waals surface area contributed by atoms with Gasteiger partial charge in [-0.3, -0.25) is 4.98 Å². The van der Waals surface area contributed by atoms with Crippen molar-refractivity contribution in [2.24, 2.45) is 0 Å². The average Bonchev–Trinajstić information content (AvgIpc) is 2.76. The van der Waals surface area contributed by atoms with Crippen LogP contribution in [-0.2, 0) is 6.54 Å². The number of pyridine rings is 1. The topological polar surface area (TPSA) is 41.1 Å². The standard InChI is InChI=1S/C11H14N4S/c1-15(2)11-14-8-10(16-11)7-13-9-4-3-5-12-6-9/h3-6,8,13H,7H2,1-2H3. The van der Waals surface area contributed by atoms with Gasteiger partial charge in [0.2, 0.25) is 0 Å². The van der Waals surface area contributed by atoms with Crippen LogP contribution < -0.4 is 10.2 Å². The largest absolute Gasteiger partial charge is 0.379 e. The predicted octanol–water partition coefficient (Wildman–Crippen LogP) is 2.22. The van der Waals surface area contributed by atoms with E-state index in [1.165, 1.54) is 4.88 Å². The van der Waals surface area contributed by atoms with E-state index in [9.17, 15) is 0 Å². The van der Waals surface area contributed by atoms with Gasteiger partial charge in [-0.15, -0.1) is 11.3 Å². The maximum atomic E-state index is 4.32. The summed E-state index contributed by atoms with van der Waals surface area (Å²) in [5, 5.41) is 4.33. The quantitative estimate of drug-likeness (QED) is 0.880. The summed E-state index contributed by atoms with van der Waals surface area (Å²) in [7, 11) is 3.99. The summed E-state index contributed by atoms with van der Waals surface area (Å²) in [6.07, 6.45) is 5.49. The fourth-order valence-corrected chi connectivity index (χ4v) is 2.01. The molecule has 0 unspecified atom stereocenters. The Kier molecular flexibility index (Phi) is 3.36. The smallest absolute Gasteiger partial charge is 0.185 e. The van der Waals surface area contributed by atoms with Crippen LogP contribution in [0.15, 0.2) is 30.7 Å². The SMILES string of the molecule is CN(C)c1ncc(CNc2cccnc2)s1.